The first kappa shape index (κ1) is 13.4. The van der Waals surface area contributed by atoms with Gasteiger partial charge in [0.2, 0.25) is 0 Å². The molecule has 0 unspecified atom stereocenters. The molecule has 106 valence electrons. The fourth-order valence-electron chi connectivity index (χ4n) is 2.44. The summed E-state index contributed by atoms with van der Waals surface area (Å²) in [6.45, 7) is 4.09. The summed E-state index contributed by atoms with van der Waals surface area (Å²) < 4.78 is 7.06. The summed E-state index contributed by atoms with van der Waals surface area (Å²) in [6.07, 6.45) is 0. The Morgan fingerprint density at radius 1 is 1.14 bits per heavy atom. The molecule has 0 aliphatic carbocycles. The molecule has 0 fully saturated rings. The predicted octanol–water partition coefficient (Wildman–Crippen LogP) is 3.49. The fourth-order valence-corrected chi connectivity index (χ4v) is 2.44. The number of fused-ring (bicyclic) bond motifs is 1. The molecule has 3 aromatic rings. The van der Waals surface area contributed by atoms with Crippen LogP contribution in [0.1, 0.15) is 23.1 Å². The van der Waals surface area contributed by atoms with Crippen molar-refractivity contribution in [3.05, 3.63) is 59.9 Å². The Hall–Kier alpha value is -2.62. The van der Waals surface area contributed by atoms with Crippen LogP contribution in [-0.4, -0.2) is 22.0 Å². The normalized spacial score (nSPS) is 10.8. The van der Waals surface area contributed by atoms with Crippen molar-refractivity contribution in [3.63, 3.8) is 0 Å². The zero-order chi connectivity index (χ0) is 14.8. The highest BCUT2D eigenvalue weighted by Crippen LogP contribution is 2.26. The number of aryl methyl sites for hydroxylation is 1. The van der Waals surface area contributed by atoms with Crippen LogP contribution in [-0.2, 0) is 4.74 Å². The number of benzene rings is 1. The predicted molar refractivity (Wildman–Crippen MR) is 81.3 cm³/mol. The van der Waals surface area contributed by atoms with Gasteiger partial charge in [0.25, 0.3) is 0 Å². The number of imidazole rings is 1. The summed E-state index contributed by atoms with van der Waals surface area (Å²) in [6, 6.07) is 15.5. The van der Waals surface area contributed by atoms with Crippen LogP contribution >= 0.6 is 0 Å². The first-order valence-corrected chi connectivity index (χ1v) is 6.93. The Labute approximate surface area is 123 Å². The van der Waals surface area contributed by atoms with Gasteiger partial charge in [0.1, 0.15) is 11.3 Å². The van der Waals surface area contributed by atoms with Gasteiger partial charge in [-0.15, -0.1) is 0 Å². The molecule has 0 saturated heterocycles. The van der Waals surface area contributed by atoms with Gasteiger partial charge < -0.3 is 4.74 Å². The summed E-state index contributed by atoms with van der Waals surface area (Å²) in [5.41, 5.74) is 3.74. The summed E-state index contributed by atoms with van der Waals surface area (Å²) in [4.78, 5) is 17.0. The van der Waals surface area contributed by atoms with Crippen molar-refractivity contribution >= 4 is 11.6 Å². The van der Waals surface area contributed by atoms with E-state index in [1.165, 1.54) is 0 Å². The minimum absolute atomic E-state index is 0.339. The Bertz CT molecular complexity index is 791. The quantitative estimate of drug-likeness (QED) is 0.690. The molecule has 0 aliphatic heterocycles. The lowest BCUT2D eigenvalue weighted by Crippen LogP contribution is -2.10. The third-order valence-corrected chi connectivity index (χ3v) is 3.35. The molecule has 0 bridgehead atoms. The standard InChI is InChI=1S/C17H16N2O2/c1-3-21-17(20)16-15(13-9-5-4-6-10-13)18-14-11-7-8-12(2)19(14)16/h4-11H,3H2,1-2H3. The lowest BCUT2D eigenvalue weighted by molar-refractivity contribution is 0.0519. The second-order valence-electron chi connectivity index (χ2n) is 4.76. The maximum Gasteiger partial charge on any atom is 0.357 e. The van der Waals surface area contributed by atoms with E-state index in [0.717, 1.165) is 16.9 Å². The van der Waals surface area contributed by atoms with Crippen molar-refractivity contribution in [2.75, 3.05) is 6.61 Å². The third kappa shape index (κ3) is 2.29. The molecular formula is C17H16N2O2. The van der Waals surface area contributed by atoms with Crippen LogP contribution in [0.15, 0.2) is 48.5 Å². The van der Waals surface area contributed by atoms with Crippen molar-refractivity contribution < 1.29 is 9.53 Å². The van der Waals surface area contributed by atoms with E-state index in [4.69, 9.17) is 4.74 Å². The zero-order valence-electron chi connectivity index (χ0n) is 12.0. The Morgan fingerprint density at radius 3 is 2.62 bits per heavy atom. The first-order chi connectivity index (χ1) is 10.2. The van der Waals surface area contributed by atoms with Crippen molar-refractivity contribution in [2.24, 2.45) is 0 Å². The highest BCUT2D eigenvalue weighted by atomic mass is 16.5. The second-order valence-corrected chi connectivity index (χ2v) is 4.76. The maximum absolute atomic E-state index is 12.4. The van der Waals surface area contributed by atoms with Gasteiger partial charge in [-0.3, -0.25) is 4.40 Å². The lowest BCUT2D eigenvalue weighted by atomic mass is 10.1. The molecule has 0 amide bonds. The smallest absolute Gasteiger partial charge is 0.357 e. The molecule has 0 N–H and O–H groups in total. The second kappa shape index (κ2) is 5.40. The number of ether oxygens (including phenoxy) is 1. The van der Waals surface area contributed by atoms with E-state index < -0.39 is 0 Å². The number of esters is 1. The van der Waals surface area contributed by atoms with Crippen molar-refractivity contribution in [1.82, 2.24) is 9.38 Å². The van der Waals surface area contributed by atoms with Gasteiger partial charge in [0.15, 0.2) is 5.69 Å². The number of hydrogen-bond donors (Lipinski definition) is 0. The van der Waals surface area contributed by atoms with E-state index in [1.54, 1.807) is 6.92 Å². The lowest BCUT2D eigenvalue weighted by Gasteiger charge is -2.06. The van der Waals surface area contributed by atoms with Gasteiger partial charge in [0.05, 0.1) is 6.61 Å². The molecule has 4 heteroatoms. The third-order valence-electron chi connectivity index (χ3n) is 3.35. The largest absolute Gasteiger partial charge is 0.461 e. The van der Waals surface area contributed by atoms with Gasteiger partial charge in [-0.1, -0.05) is 36.4 Å². The molecule has 1 aromatic carbocycles. The van der Waals surface area contributed by atoms with Crippen LogP contribution in [0.2, 0.25) is 0 Å². The minimum atomic E-state index is -0.349. The van der Waals surface area contributed by atoms with Gasteiger partial charge in [0, 0.05) is 11.3 Å². The van der Waals surface area contributed by atoms with E-state index in [-0.39, 0.29) is 5.97 Å². The summed E-state index contributed by atoms with van der Waals surface area (Å²) >= 11 is 0. The molecule has 2 aromatic heterocycles. The maximum atomic E-state index is 12.4. The van der Waals surface area contributed by atoms with Crippen molar-refractivity contribution in [3.8, 4) is 11.3 Å². The fraction of sp³-hybridized carbons (Fsp3) is 0.176. The number of carbonyl (C=O) groups is 1. The molecule has 0 saturated carbocycles. The Morgan fingerprint density at radius 2 is 1.90 bits per heavy atom. The average Bonchev–Trinajstić information content (AvgIpc) is 2.89. The van der Waals surface area contributed by atoms with Gasteiger partial charge in [-0.25, -0.2) is 9.78 Å². The summed E-state index contributed by atoms with van der Waals surface area (Å²) in [7, 11) is 0. The molecule has 2 heterocycles. The Kier molecular flexibility index (Phi) is 3.44. The van der Waals surface area contributed by atoms with E-state index >= 15 is 0 Å². The zero-order valence-corrected chi connectivity index (χ0v) is 12.0. The van der Waals surface area contributed by atoms with Gasteiger partial charge in [-0.2, -0.15) is 0 Å². The first-order valence-electron chi connectivity index (χ1n) is 6.93. The van der Waals surface area contributed by atoms with Crippen LogP contribution < -0.4 is 0 Å². The molecule has 0 radical (unpaired) electrons. The van der Waals surface area contributed by atoms with Crippen LogP contribution in [0.3, 0.4) is 0 Å². The monoisotopic (exact) mass is 280 g/mol. The Balaban J connectivity index is 2.31. The number of rotatable bonds is 3. The number of hydrogen-bond acceptors (Lipinski definition) is 3. The highest BCUT2D eigenvalue weighted by molar-refractivity contribution is 5.96. The van der Waals surface area contributed by atoms with Crippen LogP contribution in [0, 0.1) is 6.92 Å². The SMILES string of the molecule is CCOC(=O)c1c(-c2ccccc2)nc2cccc(C)n12. The number of nitrogens with zero attached hydrogens (tertiary/aromatic N) is 2. The molecule has 0 aliphatic rings. The molecular weight excluding hydrogens is 264 g/mol. The number of pyridine rings is 1. The van der Waals surface area contributed by atoms with Gasteiger partial charge >= 0.3 is 5.97 Å². The van der Waals surface area contributed by atoms with E-state index in [0.29, 0.717) is 18.0 Å². The van der Waals surface area contributed by atoms with E-state index in [9.17, 15) is 4.79 Å². The van der Waals surface area contributed by atoms with Crippen LogP contribution in [0.25, 0.3) is 16.9 Å². The minimum Gasteiger partial charge on any atom is -0.461 e. The molecule has 4 nitrogen and oxygen atoms in total. The van der Waals surface area contributed by atoms with Crippen LogP contribution in [0.5, 0.6) is 0 Å². The van der Waals surface area contributed by atoms with Crippen LogP contribution in [0.4, 0.5) is 0 Å². The topological polar surface area (TPSA) is 43.6 Å². The molecule has 0 spiro atoms. The van der Waals surface area contributed by atoms with Crippen molar-refractivity contribution in [1.29, 1.82) is 0 Å². The van der Waals surface area contributed by atoms with Gasteiger partial charge in [-0.05, 0) is 26.0 Å². The molecule has 3 rings (SSSR count). The molecule has 0 atom stereocenters. The average molecular weight is 280 g/mol. The van der Waals surface area contributed by atoms with Crippen molar-refractivity contribution in [2.45, 2.75) is 13.8 Å². The highest BCUT2D eigenvalue weighted by Gasteiger charge is 2.22. The number of aromatic nitrogens is 2. The summed E-state index contributed by atoms with van der Waals surface area (Å²) in [5, 5.41) is 0. The number of carbonyl (C=O) groups excluding carboxylic acids is 1. The van der Waals surface area contributed by atoms with E-state index in [2.05, 4.69) is 4.98 Å². The van der Waals surface area contributed by atoms with E-state index in [1.807, 2.05) is 59.9 Å². The summed E-state index contributed by atoms with van der Waals surface area (Å²) in [5.74, 6) is -0.349. The molecule has 21 heavy (non-hydrogen) atoms.